The van der Waals surface area contributed by atoms with Crippen molar-refractivity contribution in [3.05, 3.63) is 59.0 Å². The van der Waals surface area contributed by atoms with E-state index in [0.717, 1.165) is 39.2 Å². The molecule has 2 heterocycles. The Bertz CT molecular complexity index is 803. The van der Waals surface area contributed by atoms with Crippen molar-refractivity contribution >= 4 is 42.8 Å². The van der Waals surface area contributed by atoms with Crippen molar-refractivity contribution in [2.45, 2.75) is 19.8 Å². The van der Waals surface area contributed by atoms with Crippen molar-refractivity contribution in [2.24, 2.45) is 5.92 Å². The van der Waals surface area contributed by atoms with Gasteiger partial charge in [0.15, 0.2) is 0 Å². The van der Waals surface area contributed by atoms with Gasteiger partial charge >= 0.3 is 0 Å². The number of aromatic nitrogens is 2. The summed E-state index contributed by atoms with van der Waals surface area (Å²) in [6, 6.07) is 12.7. The Morgan fingerprint density at radius 3 is 2.57 bits per heavy atom. The van der Waals surface area contributed by atoms with Crippen LogP contribution in [0.3, 0.4) is 0 Å². The Hall–Kier alpha value is -1.26. The Labute approximate surface area is 153 Å². The van der Waals surface area contributed by atoms with Crippen LogP contribution in [0, 0.1) is 5.92 Å². The Balaban J connectivity index is 1.93. The largest absolute Gasteiger partial charge is 0.265 e. The second-order valence-corrected chi connectivity index (χ2v) is 7.36. The molecule has 0 aliphatic heterocycles. The van der Waals surface area contributed by atoms with Gasteiger partial charge < -0.3 is 0 Å². The SMILES string of the molecule is CC(CBr)CCc1nc2ccc(-c3ccncc3)cc2cc1Br. The van der Waals surface area contributed by atoms with Crippen molar-refractivity contribution in [3.63, 3.8) is 0 Å². The highest BCUT2D eigenvalue weighted by atomic mass is 79.9. The highest BCUT2D eigenvalue weighted by Gasteiger charge is 2.08. The van der Waals surface area contributed by atoms with Crippen LogP contribution in [-0.2, 0) is 6.42 Å². The number of nitrogens with zero attached hydrogens (tertiary/aromatic N) is 2. The molecule has 0 radical (unpaired) electrons. The molecule has 0 saturated heterocycles. The van der Waals surface area contributed by atoms with Gasteiger partial charge in [0.25, 0.3) is 0 Å². The summed E-state index contributed by atoms with van der Waals surface area (Å²) in [6.07, 6.45) is 5.77. The first-order valence-corrected chi connectivity index (χ1v) is 9.64. The third-order valence-corrected chi connectivity index (χ3v) is 5.78. The molecule has 1 unspecified atom stereocenters. The van der Waals surface area contributed by atoms with Crippen LogP contribution in [0.15, 0.2) is 53.3 Å². The number of rotatable bonds is 5. The van der Waals surface area contributed by atoms with E-state index in [0.29, 0.717) is 5.92 Å². The summed E-state index contributed by atoms with van der Waals surface area (Å²) in [5.41, 5.74) is 4.55. The van der Waals surface area contributed by atoms with E-state index in [1.165, 1.54) is 11.1 Å². The molecule has 3 aromatic rings. The third-order valence-electron chi connectivity index (χ3n) is 3.99. The number of hydrogen-bond donors (Lipinski definition) is 0. The van der Waals surface area contributed by atoms with E-state index in [9.17, 15) is 0 Å². The van der Waals surface area contributed by atoms with E-state index >= 15 is 0 Å². The molecule has 23 heavy (non-hydrogen) atoms. The zero-order valence-electron chi connectivity index (χ0n) is 13.0. The molecule has 4 heteroatoms. The first-order valence-electron chi connectivity index (χ1n) is 7.73. The second-order valence-electron chi connectivity index (χ2n) is 5.86. The molecule has 1 aromatic carbocycles. The summed E-state index contributed by atoms with van der Waals surface area (Å²) in [7, 11) is 0. The fourth-order valence-corrected chi connectivity index (χ4v) is 3.41. The zero-order chi connectivity index (χ0) is 16.2. The Morgan fingerprint density at radius 2 is 1.83 bits per heavy atom. The minimum absolute atomic E-state index is 0.661. The number of pyridine rings is 2. The first kappa shape index (κ1) is 16.6. The molecule has 2 nitrogen and oxygen atoms in total. The summed E-state index contributed by atoms with van der Waals surface area (Å²) in [5.74, 6) is 0.661. The van der Waals surface area contributed by atoms with Gasteiger partial charge in [-0.3, -0.25) is 9.97 Å². The molecule has 1 atom stereocenters. The quantitative estimate of drug-likeness (QED) is 0.459. The number of fused-ring (bicyclic) bond motifs is 1. The molecular formula is C19H18Br2N2. The van der Waals surface area contributed by atoms with Crippen LogP contribution < -0.4 is 0 Å². The van der Waals surface area contributed by atoms with Crippen molar-refractivity contribution in [1.82, 2.24) is 9.97 Å². The highest BCUT2D eigenvalue weighted by Crippen LogP contribution is 2.27. The topological polar surface area (TPSA) is 25.8 Å². The van der Waals surface area contributed by atoms with Gasteiger partial charge in [-0.25, -0.2) is 0 Å². The molecule has 0 amide bonds. The molecule has 3 rings (SSSR count). The molecular weight excluding hydrogens is 416 g/mol. The second kappa shape index (κ2) is 7.54. The number of hydrogen-bond acceptors (Lipinski definition) is 2. The van der Waals surface area contributed by atoms with Gasteiger partial charge in [-0.15, -0.1) is 0 Å². The molecule has 0 fully saturated rings. The fourth-order valence-electron chi connectivity index (χ4n) is 2.55. The smallest absolute Gasteiger partial charge is 0.0706 e. The average molecular weight is 434 g/mol. The van der Waals surface area contributed by atoms with Crippen LogP contribution in [0.4, 0.5) is 0 Å². The highest BCUT2D eigenvalue weighted by molar-refractivity contribution is 9.10. The molecule has 118 valence electrons. The van der Waals surface area contributed by atoms with Crippen molar-refractivity contribution in [1.29, 1.82) is 0 Å². The van der Waals surface area contributed by atoms with Gasteiger partial charge in [0.05, 0.1) is 11.2 Å². The molecule has 0 saturated carbocycles. The van der Waals surface area contributed by atoms with E-state index in [1.54, 1.807) is 0 Å². The number of benzene rings is 1. The van der Waals surface area contributed by atoms with Gasteiger partial charge in [-0.2, -0.15) is 0 Å². The van der Waals surface area contributed by atoms with Gasteiger partial charge in [-0.1, -0.05) is 28.9 Å². The van der Waals surface area contributed by atoms with E-state index in [4.69, 9.17) is 4.98 Å². The van der Waals surface area contributed by atoms with Crippen LogP contribution >= 0.6 is 31.9 Å². The number of aryl methyl sites for hydroxylation is 1. The standard InChI is InChI=1S/C19H18Br2N2/c1-13(12-20)2-4-19-17(21)11-16-10-15(3-5-18(16)23-19)14-6-8-22-9-7-14/h3,5-11,13H,2,4,12H2,1H3. The van der Waals surface area contributed by atoms with E-state index in [2.05, 4.69) is 68.0 Å². The van der Waals surface area contributed by atoms with E-state index in [-0.39, 0.29) is 0 Å². The number of halogens is 2. The van der Waals surface area contributed by atoms with E-state index in [1.807, 2.05) is 24.5 Å². The van der Waals surface area contributed by atoms with Crippen molar-refractivity contribution in [2.75, 3.05) is 5.33 Å². The molecule has 0 aliphatic rings. The monoisotopic (exact) mass is 432 g/mol. The fraction of sp³-hybridized carbons (Fsp3) is 0.263. The Morgan fingerprint density at radius 1 is 1.04 bits per heavy atom. The number of alkyl halides is 1. The first-order chi connectivity index (χ1) is 11.2. The van der Waals surface area contributed by atoms with Crippen LogP contribution in [0.5, 0.6) is 0 Å². The minimum atomic E-state index is 0.661. The van der Waals surface area contributed by atoms with Gasteiger partial charge in [0.2, 0.25) is 0 Å². The van der Waals surface area contributed by atoms with Crippen molar-refractivity contribution in [3.8, 4) is 11.1 Å². The maximum absolute atomic E-state index is 4.84. The van der Waals surface area contributed by atoms with Crippen LogP contribution in [0.2, 0.25) is 0 Å². The lowest BCUT2D eigenvalue weighted by atomic mass is 10.0. The normalized spacial score (nSPS) is 12.5. The lowest BCUT2D eigenvalue weighted by molar-refractivity contribution is 0.594. The minimum Gasteiger partial charge on any atom is -0.265 e. The maximum atomic E-state index is 4.84. The predicted molar refractivity (Wildman–Crippen MR) is 104 cm³/mol. The van der Waals surface area contributed by atoms with E-state index < -0.39 is 0 Å². The lowest BCUT2D eigenvalue weighted by Gasteiger charge is -2.10. The molecule has 0 N–H and O–H groups in total. The summed E-state index contributed by atoms with van der Waals surface area (Å²) in [4.78, 5) is 8.92. The van der Waals surface area contributed by atoms with Gasteiger partial charge in [-0.05, 0) is 76.1 Å². The average Bonchev–Trinajstić information content (AvgIpc) is 2.60. The summed E-state index contributed by atoms with van der Waals surface area (Å²) in [6.45, 7) is 2.25. The van der Waals surface area contributed by atoms with Crippen molar-refractivity contribution < 1.29 is 0 Å². The zero-order valence-corrected chi connectivity index (χ0v) is 16.1. The van der Waals surface area contributed by atoms with Gasteiger partial charge in [0.1, 0.15) is 0 Å². The molecule has 0 spiro atoms. The summed E-state index contributed by atoms with van der Waals surface area (Å²) in [5, 5.41) is 2.19. The lowest BCUT2D eigenvalue weighted by Crippen LogP contribution is -2.01. The summed E-state index contributed by atoms with van der Waals surface area (Å²) >= 11 is 7.23. The van der Waals surface area contributed by atoms with Crippen LogP contribution in [0.25, 0.3) is 22.0 Å². The van der Waals surface area contributed by atoms with Gasteiger partial charge in [0, 0.05) is 27.6 Å². The molecule has 2 aromatic heterocycles. The maximum Gasteiger partial charge on any atom is 0.0706 e. The summed E-state index contributed by atoms with van der Waals surface area (Å²) < 4.78 is 1.10. The molecule has 0 aliphatic carbocycles. The van der Waals surface area contributed by atoms with Crippen LogP contribution in [-0.4, -0.2) is 15.3 Å². The van der Waals surface area contributed by atoms with Crippen LogP contribution in [0.1, 0.15) is 19.0 Å². The Kier molecular flexibility index (Phi) is 5.44. The predicted octanol–water partition coefficient (Wildman–Crippen LogP) is 6.02. The molecule has 0 bridgehead atoms. The third kappa shape index (κ3) is 3.99.